The number of nitrogens with one attached hydrogen (secondary N) is 1. The summed E-state index contributed by atoms with van der Waals surface area (Å²) in [4.78, 5) is 20.4. The molecule has 0 unspecified atom stereocenters. The molecule has 0 spiro atoms. The zero-order chi connectivity index (χ0) is 19.9. The van der Waals surface area contributed by atoms with E-state index in [1.54, 1.807) is 47.4 Å². The van der Waals surface area contributed by atoms with E-state index < -0.39 is 0 Å². The topological polar surface area (TPSA) is 100 Å². The molecule has 9 heteroatoms. The fraction of sp³-hybridized carbons (Fsp3) is 0.158. The molecule has 0 fully saturated rings. The third kappa shape index (κ3) is 4.26. The monoisotopic (exact) mass is 381 g/mol. The van der Waals surface area contributed by atoms with Crippen LogP contribution in [0.1, 0.15) is 5.56 Å². The fourth-order valence-corrected chi connectivity index (χ4v) is 2.48. The SMILES string of the molecule is COc1cc(/C=C/C(=O)Nc2cc(-n3cccn3)ncn2)cc(OC)c1OC. The van der Waals surface area contributed by atoms with Crippen LogP contribution in [0.4, 0.5) is 5.82 Å². The van der Waals surface area contributed by atoms with Gasteiger partial charge in [0.15, 0.2) is 17.3 Å². The van der Waals surface area contributed by atoms with Crippen LogP contribution in [0.25, 0.3) is 11.9 Å². The highest BCUT2D eigenvalue weighted by atomic mass is 16.5. The lowest BCUT2D eigenvalue weighted by Gasteiger charge is -2.12. The first-order valence-corrected chi connectivity index (χ1v) is 8.25. The Labute approximate surface area is 161 Å². The molecule has 1 N–H and O–H groups in total. The van der Waals surface area contributed by atoms with E-state index in [2.05, 4.69) is 20.4 Å². The normalized spacial score (nSPS) is 10.7. The minimum Gasteiger partial charge on any atom is -0.493 e. The summed E-state index contributed by atoms with van der Waals surface area (Å²) in [6.45, 7) is 0. The van der Waals surface area contributed by atoms with Crippen molar-refractivity contribution >= 4 is 17.8 Å². The second-order valence-electron chi connectivity index (χ2n) is 5.49. The van der Waals surface area contributed by atoms with Gasteiger partial charge in [-0.15, -0.1) is 0 Å². The summed E-state index contributed by atoms with van der Waals surface area (Å²) in [6.07, 6.45) is 7.76. The van der Waals surface area contributed by atoms with Gasteiger partial charge < -0.3 is 19.5 Å². The molecule has 0 aliphatic heterocycles. The highest BCUT2D eigenvalue weighted by molar-refractivity contribution is 6.01. The Balaban J connectivity index is 1.75. The number of carbonyl (C=O) groups is 1. The van der Waals surface area contributed by atoms with E-state index in [-0.39, 0.29) is 5.91 Å². The molecule has 0 aliphatic carbocycles. The Hall–Kier alpha value is -3.88. The lowest BCUT2D eigenvalue weighted by atomic mass is 10.1. The van der Waals surface area contributed by atoms with Gasteiger partial charge in [0.25, 0.3) is 0 Å². The molecular weight excluding hydrogens is 362 g/mol. The number of hydrogen-bond acceptors (Lipinski definition) is 7. The molecular formula is C19H19N5O4. The predicted molar refractivity (Wildman–Crippen MR) is 103 cm³/mol. The Morgan fingerprint density at radius 2 is 1.82 bits per heavy atom. The van der Waals surface area contributed by atoms with Gasteiger partial charge in [-0.05, 0) is 29.8 Å². The van der Waals surface area contributed by atoms with Gasteiger partial charge in [-0.2, -0.15) is 5.10 Å². The van der Waals surface area contributed by atoms with Crippen molar-refractivity contribution in [1.82, 2.24) is 19.7 Å². The van der Waals surface area contributed by atoms with E-state index in [9.17, 15) is 4.79 Å². The molecule has 9 nitrogen and oxygen atoms in total. The highest BCUT2D eigenvalue weighted by Crippen LogP contribution is 2.38. The van der Waals surface area contributed by atoms with Crippen molar-refractivity contribution in [2.45, 2.75) is 0 Å². The Kier molecular flexibility index (Phi) is 5.85. The molecule has 1 amide bonds. The number of rotatable bonds is 7. The second kappa shape index (κ2) is 8.67. The largest absolute Gasteiger partial charge is 0.493 e. The van der Waals surface area contributed by atoms with Crippen LogP contribution in [0.3, 0.4) is 0 Å². The number of amides is 1. The van der Waals surface area contributed by atoms with E-state index in [1.165, 1.54) is 33.7 Å². The molecule has 3 aromatic rings. The average Bonchev–Trinajstić information content (AvgIpc) is 3.26. The van der Waals surface area contributed by atoms with Gasteiger partial charge in [0.2, 0.25) is 11.7 Å². The zero-order valence-electron chi connectivity index (χ0n) is 15.6. The van der Waals surface area contributed by atoms with Crippen LogP contribution in [0, 0.1) is 0 Å². The molecule has 2 heterocycles. The molecule has 0 atom stereocenters. The zero-order valence-corrected chi connectivity index (χ0v) is 15.6. The first kappa shape index (κ1) is 18.9. The minimum atomic E-state index is -0.348. The Morgan fingerprint density at radius 1 is 1.07 bits per heavy atom. The van der Waals surface area contributed by atoms with Crippen molar-refractivity contribution in [1.29, 1.82) is 0 Å². The predicted octanol–water partition coefficient (Wildman–Crippen LogP) is 2.34. The number of nitrogens with zero attached hydrogens (tertiary/aromatic N) is 4. The molecule has 2 aromatic heterocycles. The van der Waals surface area contributed by atoms with Crippen molar-refractivity contribution in [3.63, 3.8) is 0 Å². The van der Waals surface area contributed by atoms with E-state index in [0.29, 0.717) is 34.4 Å². The molecule has 0 saturated carbocycles. The summed E-state index contributed by atoms with van der Waals surface area (Å²) in [5, 5.41) is 6.78. The number of ether oxygens (including phenoxy) is 3. The molecule has 0 bridgehead atoms. The second-order valence-corrected chi connectivity index (χ2v) is 5.49. The summed E-state index contributed by atoms with van der Waals surface area (Å²) in [6, 6.07) is 6.88. The maximum atomic E-state index is 12.2. The standard InChI is InChI=1S/C19H19N5O4/c1-26-14-9-13(10-15(27-2)19(14)28-3)5-6-18(25)23-16-11-17(21-12-20-16)24-8-4-7-22-24/h4-12H,1-3H3,(H,20,21,23,25)/b6-5+. The lowest BCUT2D eigenvalue weighted by Crippen LogP contribution is -2.10. The highest BCUT2D eigenvalue weighted by Gasteiger charge is 2.12. The first-order valence-electron chi connectivity index (χ1n) is 8.25. The number of carbonyl (C=O) groups excluding carboxylic acids is 1. The number of anilines is 1. The molecule has 0 aliphatic rings. The van der Waals surface area contributed by atoms with Crippen molar-refractivity contribution in [2.24, 2.45) is 0 Å². The number of methoxy groups -OCH3 is 3. The number of aromatic nitrogens is 4. The van der Waals surface area contributed by atoms with Crippen LogP contribution >= 0.6 is 0 Å². The molecule has 1 aromatic carbocycles. The smallest absolute Gasteiger partial charge is 0.249 e. The summed E-state index contributed by atoms with van der Waals surface area (Å²) < 4.78 is 17.5. The van der Waals surface area contributed by atoms with Gasteiger partial charge in [-0.1, -0.05) is 0 Å². The van der Waals surface area contributed by atoms with Crippen molar-refractivity contribution in [3.05, 3.63) is 54.6 Å². The van der Waals surface area contributed by atoms with Crippen LogP contribution < -0.4 is 19.5 Å². The molecule has 28 heavy (non-hydrogen) atoms. The maximum absolute atomic E-state index is 12.2. The summed E-state index contributed by atoms with van der Waals surface area (Å²) >= 11 is 0. The van der Waals surface area contributed by atoms with Crippen LogP contribution in [-0.4, -0.2) is 47.0 Å². The lowest BCUT2D eigenvalue weighted by molar-refractivity contribution is -0.111. The Morgan fingerprint density at radius 3 is 2.43 bits per heavy atom. The fourth-order valence-electron chi connectivity index (χ4n) is 2.48. The summed E-state index contributed by atoms with van der Waals surface area (Å²) in [5.74, 6) is 2.05. The quantitative estimate of drug-likeness (QED) is 0.627. The third-order valence-corrected chi connectivity index (χ3v) is 3.76. The third-order valence-electron chi connectivity index (χ3n) is 3.76. The van der Waals surface area contributed by atoms with Gasteiger partial charge >= 0.3 is 0 Å². The van der Waals surface area contributed by atoms with Gasteiger partial charge in [0.1, 0.15) is 12.1 Å². The van der Waals surface area contributed by atoms with Crippen LogP contribution in [0.2, 0.25) is 0 Å². The van der Waals surface area contributed by atoms with Crippen LogP contribution in [0.5, 0.6) is 17.2 Å². The van der Waals surface area contributed by atoms with E-state index in [0.717, 1.165) is 0 Å². The van der Waals surface area contributed by atoms with Gasteiger partial charge in [-0.3, -0.25) is 4.79 Å². The van der Waals surface area contributed by atoms with Crippen LogP contribution in [-0.2, 0) is 4.79 Å². The van der Waals surface area contributed by atoms with E-state index in [1.807, 2.05) is 0 Å². The van der Waals surface area contributed by atoms with E-state index in [4.69, 9.17) is 14.2 Å². The molecule has 3 rings (SSSR count). The minimum absolute atomic E-state index is 0.348. The Bertz CT molecular complexity index is 961. The maximum Gasteiger partial charge on any atom is 0.249 e. The van der Waals surface area contributed by atoms with Crippen molar-refractivity contribution in [2.75, 3.05) is 26.6 Å². The van der Waals surface area contributed by atoms with E-state index >= 15 is 0 Å². The first-order chi connectivity index (χ1) is 13.6. The van der Waals surface area contributed by atoms with Gasteiger partial charge in [-0.25, -0.2) is 14.6 Å². The number of benzene rings is 1. The van der Waals surface area contributed by atoms with Gasteiger partial charge in [0, 0.05) is 24.5 Å². The average molecular weight is 381 g/mol. The van der Waals surface area contributed by atoms with Gasteiger partial charge in [0.05, 0.1) is 21.3 Å². The summed E-state index contributed by atoms with van der Waals surface area (Å²) in [5.41, 5.74) is 0.713. The molecule has 0 saturated heterocycles. The van der Waals surface area contributed by atoms with Crippen LogP contribution in [0.15, 0.2) is 49.1 Å². The van der Waals surface area contributed by atoms with Crippen molar-refractivity contribution < 1.29 is 19.0 Å². The molecule has 144 valence electrons. The molecule has 0 radical (unpaired) electrons. The number of hydrogen-bond donors (Lipinski definition) is 1. The summed E-state index contributed by atoms with van der Waals surface area (Å²) in [7, 11) is 4.59. The van der Waals surface area contributed by atoms with Crippen molar-refractivity contribution in [3.8, 4) is 23.1 Å².